The van der Waals surface area contributed by atoms with Gasteiger partial charge in [-0.05, 0) is 122 Å². The number of benzene rings is 11. The maximum Gasteiger partial charge on any atom is 0.136 e. The fourth-order valence-corrected chi connectivity index (χ4v) is 9.85. The van der Waals surface area contributed by atoms with Gasteiger partial charge in [0.1, 0.15) is 11.2 Å². The lowest BCUT2D eigenvalue weighted by Gasteiger charge is -2.28. The van der Waals surface area contributed by atoms with Crippen LogP contribution in [0.3, 0.4) is 0 Å². The topological polar surface area (TPSA) is 21.3 Å². The minimum Gasteiger partial charge on any atom is -0.456 e. The van der Waals surface area contributed by atoms with Crippen molar-refractivity contribution in [3.8, 4) is 39.1 Å². The summed E-state index contributed by atoms with van der Waals surface area (Å²) in [5.41, 5.74) is 11.1. The molecule has 65 heavy (non-hydrogen) atoms. The van der Waals surface area contributed by atoms with Crippen LogP contribution >= 0.6 is 0 Å². The van der Waals surface area contributed by atoms with Crippen molar-refractivity contribution in [1.82, 2.24) is 4.57 Å². The zero-order valence-electron chi connectivity index (χ0n) is 39.1. The predicted molar refractivity (Wildman–Crippen MR) is 274 cm³/mol. The van der Waals surface area contributed by atoms with Gasteiger partial charge in [0.25, 0.3) is 0 Å². The van der Waals surface area contributed by atoms with Gasteiger partial charge in [-0.3, -0.25) is 0 Å². The van der Waals surface area contributed by atoms with Crippen molar-refractivity contribution in [1.29, 1.82) is 0 Å². The van der Waals surface area contributed by atoms with Crippen molar-refractivity contribution >= 4 is 82.4 Å². The Balaban J connectivity index is 1.01. The van der Waals surface area contributed by atoms with E-state index in [4.69, 9.17) is 4.42 Å². The van der Waals surface area contributed by atoms with E-state index in [1.807, 2.05) is 102 Å². The lowest BCUT2D eigenvalue weighted by atomic mass is 9.95. The average molecular weight is 833 g/mol. The first-order valence-corrected chi connectivity index (χ1v) is 21.9. The van der Waals surface area contributed by atoms with Gasteiger partial charge < -0.3 is 13.9 Å². The summed E-state index contributed by atoms with van der Waals surface area (Å²) in [5, 5.41) is 8.36. The highest BCUT2D eigenvalue weighted by Gasteiger charge is 2.21. The number of anilines is 3. The number of furan rings is 1. The first-order valence-electron chi connectivity index (χ1n) is 23.9. The van der Waals surface area contributed by atoms with E-state index in [1.165, 1.54) is 10.8 Å². The highest BCUT2D eigenvalue weighted by Crippen LogP contribution is 2.46. The third-order valence-electron chi connectivity index (χ3n) is 12.8. The van der Waals surface area contributed by atoms with Gasteiger partial charge in [0, 0.05) is 44.2 Å². The smallest absolute Gasteiger partial charge is 0.136 e. The third-order valence-corrected chi connectivity index (χ3v) is 12.8. The fourth-order valence-electron chi connectivity index (χ4n) is 9.85. The maximum atomic E-state index is 9.86. The van der Waals surface area contributed by atoms with E-state index in [1.54, 1.807) is 0 Å². The molecule has 3 heteroatoms. The average Bonchev–Trinajstić information content (AvgIpc) is 3.94. The Morgan fingerprint density at radius 2 is 0.969 bits per heavy atom. The van der Waals surface area contributed by atoms with E-state index in [9.17, 15) is 5.48 Å². The first kappa shape index (κ1) is 33.0. The second-order valence-corrected chi connectivity index (χ2v) is 16.5. The molecule has 304 valence electrons. The minimum atomic E-state index is -0.143. The van der Waals surface area contributed by atoms with Gasteiger partial charge in [0.2, 0.25) is 0 Å². The van der Waals surface area contributed by atoms with Crippen molar-refractivity contribution in [2.45, 2.75) is 0 Å². The summed E-state index contributed by atoms with van der Waals surface area (Å²) in [6, 6.07) is 73.6. The Kier molecular flexibility index (Phi) is 7.61. The molecule has 13 rings (SSSR count). The standard InChI is InChI=1S/C62H40N2O/c1-2-16-46-40-61-56(39-45(46)15-1)62-55(25-13-29-60(62)65-61)54-23-7-8-26-57(54)63(48-36-32-43(33-37-48)51-24-12-17-42-14-3-4-20-50(42)51)47-34-30-41(31-35-47)44-18-11-19-49(38-44)64-58-27-9-5-21-52(58)53-22-6-10-28-59(53)64/h1-40H/i32D,33D,36D,37D. The summed E-state index contributed by atoms with van der Waals surface area (Å²) < 4.78 is 47.9. The SMILES string of the molecule is [2H]c1c([2H])c(N(c2ccc(-c3cccc(-n4c5ccccc5c5ccccc54)c3)cc2)c2ccccc2-c2cccc3oc4cc5ccccc5cc4c23)c([2H])c([2H])c1-c1cccc2ccccc12. The summed E-state index contributed by atoms with van der Waals surface area (Å²) in [4.78, 5) is 1.90. The molecule has 0 aliphatic rings. The van der Waals surface area contributed by atoms with Crippen molar-refractivity contribution in [2.75, 3.05) is 4.90 Å². The molecule has 0 amide bonds. The van der Waals surface area contributed by atoms with E-state index < -0.39 is 0 Å². The van der Waals surface area contributed by atoms with Gasteiger partial charge in [0.15, 0.2) is 0 Å². The molecule has 0 aliphatic carbocycles. The van der Waals surface area contributed by atoms with Crippen LogP contribution < -0.4 is 4.90 Å². The van der Waals surface area contributed by atoms with Crippen LogP contribution in [0, 0.1) is 0 Å². The van der Waals surface area contributed by atoms with Gasteiger partial charge in [0.05, 0.1) is 22.2 Å². The summed E-state index contributed by atoms with van der Waals surface area (Å²) in [6.07, 6.45) is 0. The summed E-state index contributed by atoms with van der Waals surface area (Å²) in [7, 11) is 0. The van der Waals surface area contributed by atoms with Crippen molar-refractivity contribution in [2.24, 2.45) is 0 Å². The molecule has 0 spiro atoms. The van der Waals surface area contributed by atoms with Gasteiger partial charge in [-0.25, -0.2) is 0 Å². The molecule has 0 unspecified atom stereocenters. The van der Waals surface area contributed by atoms with Crippen molar-refractivity contribution in [3.63, 3.8) is 0 Å². The van der Waals surface area contributed by atoms with Crippen LogP contribution in [0.15, 0.2) is 247 Å². The maximum absolute atomic E-state index is 9.86. The number of fused-ring (bicyclic) bond motifs is 8. The second kappa shape index (κ2) is 15.0. The van der Waals surface area contributed by atoms with E-state index in [0.29, 0.717) is 16.9 Å². The van der Waals surface area contributed by atoms with Crippen LogP contribution in [0.4, 0.5) is 17.1 Å². The van der Waals surface area contributed by atoms with Crippen molar-refractivity contribution in [3.05, 3.63) is 243 Å². The monoisotopic (exact) mass is 832 g/mol. The van der Waals surface area contributed by atoms with E-state index in [-0.39, 0.29) is 35.4 Å². The van der Waals surface area contributed by atoms with Crippen molar-refractivity contribution < 1.29 is 9.90 Å². The number of para-hydroxylation sites is 3. The molecule has 0 saturated heterocycles. The lowest BCUT2D eigenvalue weighted by Crippen LogP contribution is -2.11. The molecular weight excluding hydrogens is 789 g/mol. The summed E-state index contributed by atoms with van der Waals surface area (Å²) in [5.74, 6) is 0. The Bertz CT molecular complexity index is 4120. The molecule has 0 saturated carbocycles. The molecule has 13 aromatic rings. The fraction of sp³-hybridized carbons (Fsp3) is 0. The number of rotatable bonds is 7. The minimum absolute atomic E-state index is 0.113. The van der Waals surface area contributed by atoms with E-state index >= 15 is 0 Å². The van der Waals surface area contributed by atoms with Crippen LogP contribution in [-0.4, -0.2) is 4.57 Å². The normalized spacial score (nSPS) is 12.6. The van der Waals surface area contributed by atoms with Crippen LogP contribution in [0.1, 0.15) is 5.48 Å². The number of hydrogen-bond donors (Lipinski definition) is 0. The molecule has 11 aromatic carbocycles. The molecule has 0 aliphatic heterocycles. The van der Waals surface area contributed by atoms with Gasteiger partial charge >= 0.3 is 0 Å². The molecule has 3 nitrogen and oxygen atoms in total. The van der Waals surface area contributed by atoms with Crippen LogP contribution in [0.5, 0.6) is 0 Å². The molecule has 0 radical (unpaired) electrons. The molecule has 0 bridgehead atoms. The molecule has 0 fully saturated rings. The van der Waals surface area contributed by atoms with E-state index in [0.717, 1.165) is 82.5 Å². The van der Waals surface area contributed by atoms with Gasteiger partial charge in [-0.15, -0.1) is 0 Å². The molecule has 2 heterocycles. The zero-order chi connectivity index (χ0) is 46.3. The predicted octanol–water partition coefficient (Wildman–Crippen LogP) is 17.5. The number of hydrogen-bond acceptors (Lipinski definition) is 2. The Hall–Kier alpha value is -8.66. The molecule has 0 atom stereocenters. The van der Waals surface area contributed by atoms with Gasteiger partial charge in [-0.2, -0.15) is 0 Å². The van der Waals surface area contributed by atoms with E-state index in [2.05, 4.69) is 126 Å². The summed E-state index contributed by atoms with van der Waals surface area (Å²) in [6.45, 7) is 0. The Labute approximate surface area is 381 Å². The molecular formula is C62H40N2O. The molecule has 2 aromatic heterocycles. The third kappa shape index (κ3) is 6.12. The van der Waals surface area contributed by atoms with Crippen LogP contribution in [0.25, 0.3) is 104 Å². The Morgan fingerprint density at radius 3 is 1.75 bits per heavy atom. The van der Waals surface area contributed by atoms with Gasteiger partial charge in [-0.1, -0.05) is 170 Å². The highest BCUT2D eigenvalue weighted by atomic mass is 16.3. The molecule has 0 N–H and O–H groups in total. The summed E-state index contributed by atoms with van der Waals surface area (Å²) >= 11 is 0. The quantitative estimate of drug-likeness (QED) is 0.160. The van der Waals surface area contributed by atoms with Crippen LogP contribution in [0.2, 0.25) is 0 Å². The largest absolute Gasteiger partial charge is 0.456 e. The first-order chi connectivity index (χ1) is 33.9. The highest BCUT2D eigenvalue weighted by molar-refractivity contribution is 6.17. The number of aromatic nitrogens is 1. The second-order valence-electron chi connectivity index (χ2n) is 16.5. The Morgan fingerprint density at radius 1 is 0.369 bits per heavy atom. The number of nitrogens with zero attached hydrogens (tertiary/aromatic N) is 2. The zero-order valence-corrected chi connectivity index (χ0v) is 35.1. The lowest BCUT2D eigenvalue weighted by molar-refractivity contribution is 0.669. The van der Waals surface area contributed by atoms with Crippen LogP contribution in [-0.2, 0) is 0 Å².